The fraction of sp³-hybridized carbons (Fsp3) is 0.175. The number of benzene rings is 10. The summed E-state index contributed by atoms with van der Waals surface area (Å²) in [7, 11) is 0. The van der Waals surface area contributed by atoms with Crippen LogP contribution < -0.4 is 9.30 Å². The predicted molar refractivity (Wildman–Crippen MR) is 350 cm³/mol. The molecular weight excluding hydrogens is 1230 g/mol. The van der Waals surface area contributed by atoms with Gasteiger partial charge in [-0.1, -0.05) is 205 Å². The number of hydrogen-bond donors (Lipinski definition) is 0. The van der Waals surface area contributed by atoms with Crippen molar-refractivity contribution in [2.75, 3.05) is 0 Å². The maximum Gasteiger partial charge on any atom is 0.268 e. The van der Waals surface area contributed by atoms with Gasteiger partial charge in [0.1, 0.15) is 5.82 Å². The summed E-state index contributed by atoms with van der Waals surface area (Å²) in [6.07, 6.45) is -4.17. The fourth-order valence-electron chi connectivity index (χ4n) is 11.9. The summed E-state index contributed by atoms with van der Waals surface area (Å²) in [4.78, 5) is 4.82. The Bertz CT molecular complexity index is 6200. The average Bonchev–Trinajstić information content (AvgIpc) is 0.742. The summed E-state index contributed by atoms with van der Waals surface area (Å²) in [5.74, 6) is 0.771. The average molecular weight is 1320 g/mol. The minimum absolute atomic E-state index is 0. The molecule has 2 aliphatic rings. The van der Waals surface area contributed by atoms with Crippen LogP contribution >= 0.6 is 0 Å². The summed E-state index contributed by atoms with van der Waals surface area (Å²) in [6, 6.07) is 40.8. The second-order valence-electron chi connectivity index (χ2n) is 22.2. The molecule has 13 aromatic rings. The molecule has 0 N–H and O–H groups in total. The van der Waals surface area contributed by atoms with Crippen molar-refractivity contribution < 1.29 is 71.5 Å². The van der Waals surface area contributed by atoms with E-state index in [9.17, 15) is 20.6 Å². The molecule has 0 saturated carbocycles. The van der Waals surface area contributed by atoms with Crippen LogP contribution in [0.5, 0.6) is 11.5 Å². The number of imidazole rings is 1. The molecule has 0 atom stereocenters. The maximum absolute atomic E-state index is 10.5. The zero-order valence-corrected chi connectivity index (χ0v) is 48.4. The van der Waals surface area contributed by atoms with Crippen molar-refractivity contribution in [3.05, 3.63) is 259 Å². The Morgan fingerprint density at radius 1 is 0.581 bits per heavy atom. The van der Waals surface area contributed by atoms with E-state index in [1.807, 2.05) is 47.0 Å². The molecule has 0 amide bonds. The van der Waals surface area contributed by atoms with Crippen LogP contribution in [0.15, 0.2) is 212 Å². The molecule has 0 saturated heterocycles. The number of aromatic nitrogens is 4. The smallest absolute Gasteiger partial charge is 0.268 e. The minimum atomic E-state index is -4.69. The van der Waals surface area contributed by atoms with Crippen LogP contribution in [-0.2, 0) is 37.3 Å². The largest absolute Gasteiger partial charge is 0.510 e. The summed E-state index contributed by atoms with van der Waals surface area (Å²) in [5.41, 5.74) is -12.8. The first kappa shape index (κ1) is 31.0. The zero-order valence-electron chi connectivity index (χ0n) is 76.1. The third-order valence-electron chi connectivity index (χ3n) is 15.9. The predicted octanol–water partition coefficient (Wildman–Crippen LogP) is 20.2. The van der Waals surface area contributed by atoms with Crippen LogP contribution in [0.1, 0.15) is 130 Å². The number of hydrogen-bond acceptors (Lipinski definition) is 2. The molecule has 0 fully saturated rings. The van der Waals surface area contributed by atoms with Crippen molar-refractivity contribution in [3.8, 4) is 95.5 Å². The molecular formula is C80H66N4OPt-2. The van der Waals surface area contributed by atoms with E-state index in [0.29, 0.717) is 11.3 Å². The molecule has 0 radical (unpaired) electrons. The van der Waals surface area contributed by atoms with Gasteiger partial charge in [0.15, 0.2) is 0 Å². The molecule has 1 aliphatic carbocycles. The maximum atomic E-state index is 10.5. The van der Waals surface area contributed by atoms with Gasteiger partial charge in [0.25, 0.3) is 6.33 Å². The molecule has 4 heterocycles. The van der Waals surface area contributed by atoms with Gasteiger partial charge in [0, 0.05) is 74.4 Å². The molecule has 1 aliphatic heterocycles. The van der Waals surface area contributed by atoms with Gasteiger partial charge in [0.05, 0.1) is 27.7 Å². The van der Waals surface area contributed by atoms with E-state index >= 15 is 0 Å². The third-order valence-corrected chi connectivity index (χ3v) is 15.9. The Morgan fingerprint density at radius 3 is 2.07 bits per heavy atom. The van der Waals surface area contributed by atoms with E-state index in [4.69, 9.17) is 30.3 Å². The fourth-order valence-corrected chi connectivity index (χ4v) is 11.9. The Hall–Kier alpha value is -8.89. The molecule has 5 nitrogen and oxygen atoms in total. The second-order valence-corrected chi connectivity index (χ2v) is 22.2. The molecule has 3 aromatic heterocycles. The van der Waals surface area contributed by atoms with E-state index < -0.39 is 146 Å². The Balaban J connectivity index is 0.0000111. The Morgan fingerprint density at radius 2 is 1.28 bits per heavy atom. The van der Waals surface area contributed by atoms with Gasteiger partial charge in [-0.15, -0.1) is 29.7 Å². The van der Waals surface area contributed by atoms with Gasteiger partial charge in [0.2, 0.25) is 0 Å². The number of aryl methyl sites for hydroxylation is 2. The normalized spacial score (nSPS) is 21.0. The van der Waals surface area contributed by atoms with Crippen LogP contribution in [-0.4, -0.2) is 14.1 Å². The summed E-state index contributed by atoms with van der Waals surface area (Å²) in [5, 5.41) is 1.67. The molecule has 0 bridgehead atoms. The van der Waals surface area contributed by atoms with E-state index in [0.717, 1.165) is 21.9 Å². The van der Waals surface area contributed by atoms with Crippen LogP contribution in [0, 0.1) is 32.2 Å². The van der Waals surface area contributed by atoms with Crippen LogP contribution in [0.2, 0.25) is 0 Å². The van der Waals surface area contributed by atoms with Crippen molar-refractivity contribution in [2.45, 2.75) is 90.9 Å². The quantitative estimate of drug-likeness (QED) is 0.118. The monoisotopic (exact) mass is 1320 g/mol. The SMILES string of the molecule is [2H]c1c([2H])c([2H])c(-c2cccc3c2-c2ccccc2-c2cc(-c4c([2H])c([2H])c5c(c4[2H])C(C([2H])([2H])[2H])(C([2H])([2H])[2H])C([2H])([2H])C([2H])([2H])C5(C([2H])([2H])[2H])C([2H])([2H])[2H])cc4c2[n+]([c-]n4-c2[c-]c(Oc4[c-]c5c(cc4)c4ccccc4n5-c4cc(C(C)(C)C)ccn4)ccc2)-c2c-3cccc2-c2c(C([2H])([2H])[2H])cccc2C([2H])([2H])[2H])c([2H])c1[2H].[Pt]. The second kappa shape index (κ2) is 20.7. The first-order chi connectivity index (χ1) is 53.4. The standard InChI is InChI=1S/C80H66N4O.Pt/c1-50-21-17-22-51(2)74(50)66-33-20-32-65-64-31-19-30-59(52-23-11-10-12-24-52)75(64)63-29-14-13-27-60(63)67-43-54(53-35-38-68-69(44-53)80(8,9)41-40-79(68,6)7)45-72-77(67)83(76(65)66)49-82(72)56-25-18-26-57(47-56)85-58-36-37-62-61-28-15-16-34-70(61)84(71(62)48-58)73-46-55(39-42-81-73)78(3,4)5;/h10-39,42-46H,40-41H2,1-9H3;/q-2;/i1D3,2D3,6D3,7D3,8D3,9D3,10D,11D,12D,23D,24D,35D,38D,40D2,41D2,44D;. The number of pyridine rings is 1. The van der Waals surface area contributed by atoms with Gasteiger partial charge in [-0.05, 0) is 173 Å². The van der Waals surface area contributed by atoms with Crippen molar-refractivity contribution in [1.82, 2.24) is 14.1 Å². The van der Waals surface area contributed by atoms with Gasteiger partial charge in [-0.3, -0.25) is 4.57 Å². The Kier molecular flexibility index (Phi) is 7.44. The number of rotatable bonds is 7. The van der Waals surface area contributed by atoms with E-state index in [-0.39, 0.29) is 116 Å². The van der Waals surface area contributed by atoms with Crippen molar-refractivity contribution in [3.63, 3.8) is 0 Å². The molecule has 86 heavy (non-hydrogen) atoms. The van der Waals surface area contributed by atoms with E-state index in [1.165, 1.54) is 51.6 Å². The molecule has 15 rings (SSSR count). The summed E-state index contributed by atoms with van der Waals surface area (Å²) < 4.78 is 290. The molecule has 10 aromatic carbocycles. The van der Waals surface area contributed by atoms with Crippen LogP contribution in [0.4, 0.5) is 0 Å². The molecule has 0 unspecified atom stereocenters. The van der Waals surface area contributed by atoms with Crippen molar-refractivity contribution in [2.24, 2.45) is 0 Å². The van der Waals surface area contributed by atoms with E-state index in [2.05, 4.69) is 39.2 Å². The zero-order chi connectivity index (χ0) is 83.6. The topological polar surface area (TPSA) is 35.9 Å². The van der Waals surface area contributed by atoms with E-state index in [1.54, 1.807) is 79.0 Å². The van der Waals surface area contributed by atoms with Gasteiger partial charge < -0.3 is 13.9 Å². The first-order valence-electron chi connectivity index (χ1n) is 42.3. The van der Waals surface area contributed by atoms with Gasteiger partial charge >= 0.3 is 0 Å². The third kappa shape index (κ3) is 9.00. The minimum Gasteiger partial charge on any atom is -0.510 e. The van der Waals surface area contributed by atoms with Gasteiger partial charge in [-0.25, -0.2) is 4.98 Å². The number of nitrogens with zero attached hydrogens (tertiary/aromatic N) is 4. The van der Waals surface area contributed by atoms with Crippen molar-refractivity contribution >= 4 is 32.8 Å². The summed E-state index contributed by atoms with van der Waals surface area (Å²) >= 11 is 0. The van der Waals surface area contributed by atoms with Crippen molar-refractivity contribution in [1.29, 1.82) is 0 Å². The molecule has 0 spiro atoms. The molecule has 424 valence electrons. The number of para-hydroxylation sites is 2. The first-order valence-corrected chi connectivity index (χ1v) is 27.3. The molecule has 6 heteroatoms. The summed E-state index contributed by atoms with van der Waals surface area (Å²) in [6.45, 7) is -17.5. The van der Waals surface area contributed by atoms with Crippen LogP contribution in [0.3, 0.4) is 0 Å². The van der Waals surface area contributed by atoms with Gasteiger partial charge in [-0.2, -0.15) is 18.2 Å². The Labute approximate surface area is 561 Å². The number of ether oxygens (including phenoxy) is 1. The number of fused-ring (bicyclic) bond motifs is 11. The van der Waals surface area contributed by atoms with Crippen LogP contribution in [0.25, 0.3) is 117 Å².